The van der Waals surface area contributed by atoms with Crippen molar-refractivity contribution in [1.82, 2.24) is 14.9 Å². The number of nitrogens with zero attached hydrogens (tertiary/aromatic N) is 4. The van der Waals surface area contributed by atoms with E-state index in [-0.39, 0.29) is 47.8 Å². The number of ether oxygens (including phenoxy) is 1. The number of piperidine rings is 2. The molecule has 5 N–H and O–H groups in total. The molecule has 200 valence electrons. The lowest BCUT2D eigenvalue weighted by atomic mass is 9.87. The molecule has 3 atom stereocenters. The number of anilines is 3. The third kappa shape index (κ3) is 6.06. The number of alkyl halides is 3. The van der Waals surface area contributed by atoms with Crippen LogP contribution in [0.5, 0.6) is 5.75 Å². The van der Waals surface area contributed by atoms with E-state index in [2.05, 4.69) is 20.0 Å². The van der Waals surface area contributed by atoms with Gasteiger partial charge >= 0.3 is 6.36 Å². The van der Waals surface area contributed by atoms with Crippen LogP contribution >= 0.6 is 11.6 Å². The molecule has 0 spiro atoms. The summed E-state index contributed by atoms with van der Waals surface area (Å²) in [5, 5.41) is 2.90. The molecule has 2 saturated heterocycles. The number of hydrogen-bond donors (Lipinski definition) is 3. The normalized spacial score (nSPS) is 22.6. The molecule has 2 aliphatic rings. The highest BCUT2D eigenvalue weighted by molar-refractivity contribution is 6.31. The van der Waals surface area contributed by atoms with Crippen LogP contribution in [0.4, 0.5) is 34.9 Å². The van der Waals surface area contributed by atoms with Crippen molar-refractivity contribution in [2.45, 2.75) is 37.7 Å². The van der Waals surface area contributed by atoms with Crippen molar-refractivity contribution in [2.75, 3.05) is 35.6 Å². The summed E-state index contributed by atoms with van der Waals surface area (Å²) in [6.45, 7) is 0.636. The molecule has 0 radical (unpaired) electrons. The number of carbonyl (C=O) groups is 2. The molecular formula is C22H24ClF4N7O3. The highest BCUT2D eigenvalue weighted by Crippen LogP contribution is 2.33. The number of aromatic nitrogens is 2. The standard InChI is InChI=1S/C22H24ClF4N7O3/c23-11-6-12(8-13(7-11)37-22(25,26)27)32-15-2-1-4-34(21(15)36)16-9-33(5-3-14(16)19(29)35)20-17(24)18(28)30-10-31-20/h6-8,10,14-16,32H,1-5,9H2,(H2,29,35)(H2,28,30,31)/t14-,15?,16-/m0/s1. The highest BCUT2D eigenvalue weighted by Gasteiger charge is 2.42. The number of nitrogens with one attached hydrogen (secondary N) is 1. The van der Waals surface area contributed by atoms with Gasteiger partial charge in [0.2, 0.25) is 17.6 Å². The molecule has 2 amide bonds. The highest BCUT2D eigenvalue weighted by atomic mass is 35.5. The third-order valence-electron chi connectivity index (χ3n) is 6.36. The van der Waals surface area contributed by atoms with Crippen molar-refractivity contribution in [3.63, 3.8) is 0 Å². The summed E-state index contributed by atoms with van der Waals surface area (Å²) in [5.41, 5.74) is 11.4. The number of hydrogen-bond acceptors (Lipinski definition) is 8. The molecule has 4 rings (SSSR count). The zero-order valence-electron chi connectivity index (χ0n) is 19.3. The van der Waals surface area contributed by atoms with E-state index in [9.17, 15) is 27.2 Å². The minimum absolute atomic E-state index is 0.0211. The van der Waals surface area contributed by atoms with Gasteiger partial charge in [0, 0.05) is 36.4 Å². The molecule has 0 aliphatic carbocycles. The summed E-state index contributed by atoms with van der Waals surface area (Å²) >= 11 is 5.95. The molecule has 10 nitrogen and oxygen atoms in total. The van der Waals surface area contributed by atoms with Gasteiger partial charge in [-0.3, -0.25) is 9.59 Å². The van der Waals surface area contributed by atoms with Gasteiger partial charge in [0.05, 0.1) is 12.0 Å². The van der Waals surface area contributed by atoms with Crippen LogP contribution in [0, 0.1) is 11.7 Å². The third-order valence-corrected chi connectivity index (χ3v) is 6.58. The smallest absolute Gasteiger partial charge is 0.406 e. The lowest BCUT2D eigenvalue weighted by Gasteiger charge is -2.46. The van der Waals surface area contributed by atoms with Gasteiger partial charge in [-0.15, -0.1) is 13.2 Å². The maximum atomic E-state index is 14.6. The summed E-state index contributed by atoms with van der Waals surface area (Å²) in [5.74, 6) is -3.39. The van der Waals surface area contributed by atoms with Crippen molar-refractivity contribution in [1.29, 1.82) is 0 Å². The Morgan fingerprint density at radius 1 is 1.19 bits per heavy atom. The molecule has 3 heterocycles. The van der Waals surface area contributed by atoms with Crippen LogP contribution in [0.25, 0.3) is 0 Å². The summed E-state index contributed by atoms with van der Waals surface area (Å²) in [4.78, 5) is 36.4. The van der Waals surface area contributed by atoms with Gasteiger partial charge < -0.3 is 31.3 Å². The minimum Gasteiger partial charge on any atom is -0.406 e. The fourth-order valence-electron chi connectivity index (χ4n) is 4.77. The summed E-state index contributed by atoms with van der Waals surface area (Å²) < 4.78 is 56.5. The van der Waals surface area contributed by atoms with Crippen LogP contribution in [0.15, 0.2) is 24.5 Å². The Labute approximate surface area is 213 Å². The largest absolute Gasteiger partial charge is 0.573 e. The van der Waals surface area contributed by atoms with Crippen molar-refractivity contribution in [2.24, 2.45) is 11.7 Å². The molecule has 1 aromatic heterocycles. The Kier molecular flexibility index (Phi) is 7.48. The molecule has 0 bridgehead atoms. The predicted molar refractivity (Wildman–Crippen MR) is 126 cm³/mol. The van der Waals surface area contributed by atoms with Gasteiger partial charge in [0.15, 0.2) is 11.6 Å². The zero-order valence-corrected chi connectivity index (χ0v) is 20.1. The molecule has 37 heavy (non-hydrogen) atoms. The number of carbonyl (C=O) groups excluding carboxylic acids is 2. The second-order valence-electron chi connectivity index (χ2n) is 8.80. The van der Waals surface area contributed by atoms with Crippen LogP contribution in [0.2, 0.25) is 5.02 Å². The first-order valence-corrected chi connectivity index (χ1v) is 11.7. The minimum atomic E-state index is -4.91. The van der Waals surface area contributed by atoms with Gasteiger partial charge in [-0.1, -0.05) is 11.6 Å². The maximum Gasteiger partial charge on any atom is 0.573 e. The Morgan fingerprint density at radius 3 is 2.65 bits per heavy atom. The van der Waals surface area contributed by atoms with Gasteiger partial charge in [-0.25, -0.2) is 9.97 Å². The predicted octanol–water partition coefficient (Wildman–Crippen LogP) is 2.53. The lowest BCUT2D eigenvalue weighted by molar-refractivity contribution is -0.274. The zero-order chi connectivity index (χ0) is 26.9. The number of nitrogen functional groups attached to an aromatic ring is 1. The van der Waals surface area contributed by atoms with E-state index in [1.54, 1.807) is 4.90 Å². The molecule has 2 fully saturated rings. The Bertz CT molecular complexity index is 1190. The van der Waals surface area contributed by atoms with Crippen molar-refractivity contribution >= 4 is 40.7 Å². The fraction of sp³-hybridized carbons (Fsp3) is 0.455. The first kappa shape index (κ1) is 26.5. The van der Waals surface area contributed by atoms with Gasteiger partial charge in [0.25, 0.3) is 0 Å². The lowest BCUT2D eigenvalue weighted by Crippen LogP contribution is -2.61. The van der Waals surface area contributed by atoms with Crippen LogP contribution in [0.1, 0.15) is 19.3 Å². The Hall–Kier alpha value is -3.55. The monoisotopic (exact) mass is 545 g/mol. The number of amides is 2. The second-order valence-corrected chi connectivity index (χ2v) is 9.24. The summed E-state index contributed by atoms with van der Waals surface area (Å²) in [7, 11) is 0. The first-order chi connectivity index (χ1) is 17.4. The van der Waals surface area contributed by atoms with Crippen molar-refractivity contribution < 1.29 is 31.9 Å². The van der Waals surface area contributed by atoms with E-state index in [0.717, 1.165) is 18.5 Å². The average molecular weight is 546 g/mol. The maximum absolute atomic E-state index is 14.6. The quantitative estimate of drug-likeness (QED) is 0.471. The van der Waals surface area contributed by atoms with E-state index in [0.29, 0.717) is 19.4 Å². The Morgan fingerprint density at radius 2 is 1.95 bits per heavy atom. The van der Waals surface area contributed by atoms with E-state index in [4.69, 9.17) is 23.1 Å². The second kappa shape index (κ2) is 10.4. The molecular weight excluding hydrogens is 522 g/mol. The van der Waals surface area contributed by atoms with E-state index in [1.807, 2.05) is 0 Å². The molecule has 2 aromatic rings. The number of primary amides is 1. The summed E-state index contributed by atoms with van der Waals surface area (Å²) in [6, 6.07) is 1.95. The topological polar surface area (TPSA) is 140 Å². The van der Waals surface area contributed by atoms with E-state index in [1.165, 1.54) is 11.0 Å². The van der Waals surface area contributed by atoms with Crippen molar-refractivity contribution in [3.05, 3.63) is 35.4 Å². The molecule has 2 aliphatic heterocycles. The van der Waals surface area contributed by atoms with Crippen LogP contribution < -0.4 is 26.4 Å². The molecule has 0 saturated carbocycles. The molecule has 1 unspecified atom stereocenters. The number of benzene rings is 1. The summed E-state index contributed by atoms with van der Waals surface area (Å²) in [6.07, 6.45) is -2.63. The van der Waals surface area contributed by atoms with Crippen molar-refractivity contribution in [3.8, 4) is 5.75 Å². The number of rotatable bonds is 6. The van der Waals surface area contributed by atoms with Gasteiger partial charge in [-0.2, -0.15) is 4.39 Å². The van der Waals surface area contributed by atoms with Crippen LogP contribution in [-0.4, -0.2) is 64.8 Å². The van der Waals surface area contributed by atoms with Crippen LogP contribution in [0.3, 0.4) is 0 Å². The number of halogens is 5. The van der Waals surface area contributed by atoms with E-state index >= 15 is 0 Å². The average Bonchev–Trinajstić information content (AvgIpc) is 2.80. The fourth-order valence-corrected chi connectivity index (χ4v) is 4.99. The first-order valence-electron chi connectivity index (χ1n) is 11.4. The Balaban J connectivity index is 1.55. The van der Waals surface area contributed by atoms with E-state index < -0.39 is 41.8 Å². The molecule has 15 heteroatoms. The van der Waals surface area contributed by atoms with Gasteiger partial charge in [-0.05, 0) is 31.4 Å². The number of nitrogens with two attached hydrogens (primary N) is 2. The SMILES string of the molecule is NC(=O)[C@H]1CCN(c2ncnc(N)c2F)C[C@@H]1N1CCCC(Nc2cc(Cl)cc(OC(F)(F)F)c2)C1=O. The van der Waals surface area contributed by atoms with Crippen LogP contribution in [-0.2, 0) is 9.59 Å². The van der Waals surface area contributed by atoms with Gasteiger partial charge in [0.1, 0.15) is 18.1 Å². The number of likely N-dealkylation sites (tertiary alicyclic amines) is 1. The molecule has 1 aromatic carbocycles.